The van der Waals surface area contributed by atoms with E-state index in [1.165, 1.54) is 199 Å². The third-order valence-electron chi connectivity index (χ3n) is 11.0. The second-order valence-electron chi connectivity index (χ2n) is 16.7. The molecule has 2 atom stereocenters. The molecular weight excluding hydrogens is 715 g/mol. The SMILES string of the molecule is CCCCCCCCCC/C=C\CCCCCCCCCCCCCC(=O)NC(CS(=O)(=O)O)C(O)/C=C/CC/C=C/CCCCCCCCCCCCCC. The van der Waals surface area contributed by atoms with Crippen LogP contribution in [-0.4, -0.2) is 41.9 Å². The molecule has 0 aliphatic heterocycles. The highest BCUT2D eigenvalue weighted by atomic mass is 32.2. The van der Waals surface area contributed by atoms with Crippen LogP contribution >= 0.6 is 0 Å². The van der Waals surface area contributed by atoms with Gasteiger partial charge in [-0.05, 0) is 57.8 Å². The number of rotatable bonds is 44. The number of hydrogen-bond donors (Lipinski definition) is 3. The number of unbranched alkanes of at least 4 members (excludes halogenated alkanes) is 32. The molecule has 0 fully saturated rings. The number of aliphatic hydroxyl groups is 1. The summed E-state index contributed by atoms with van der Waals surface area (Å²) in [5.74, 6) is -0.995. The van der Waals surface area contributed by atoms with Crippen LogP contribution in [0, 0.1) is 0 Å². The van der Waals surface area contributed by atoms with Gasteiger partial charge < -0.3 is 10.4 Å². The minimum absolute atomic E-state index is 0.286. The van der Waals surface area contributed by atoms with E-state index in [0.29, 0.717) is 0 Å². The number of aliphatic hydroxyl groups excluding tert-OH is 1. The molecule has 0 aliphatic rings. The van der Waals surface area contributed by atoms with Crippen molar-refractivity contribution in [1.29, 1.82) is 0 Å². The highest BCUT2D eigenvalue weighted by molar-refractivity contribution is 7.85. The summed E-state index contributed by atoms with van der Waals surface area (Å²) in [7, 11) is -4.36. The van der Waals surface area contributed by atoms with Gasteiger partial charge in [-0.15, -0.1) is 0 Å². The number of carbonyl (C=O) groups excluding carboxylic acids is 1. The van der Waals surface area contributed by atoms with E-state index in [9.17, 15) is 22.9 Å². The van der Waals surface area contributed by atoms with E-state index < -0.39 is 28.0 Å². The Bertz CT molecular complexity index is 1020. The van der Waals surface area contributed by atoms with E-state index in [4.69, 9.17) is 0 Å². The largest absolute Gasteiger partial charge is 0.387 e. The molecule has 3 N–H and O–H groups in total. The first-order valence-corrected chi connectivity index (χ1v) is 25.8. The minimum Gasteiger partial charge on any atom is -0.387 e. The van der Waals surface area contributed by atoms with E-state index in [1.54, 1.807) is 0 Å². The lowest BCUT2D eigenvalue weighted by Gasteiger charge is -2.21. The standard InChI is InChI=1S/C49H93NO5S/c1-3-5-7-9-11-13-15-17-19-21-23-24-25-26-27-29-31-33-35-37-39-41-43-45-49(52)50-47(46-56(53,54)55)48(51)44-42-40-38-36-34-32-30-28-22-20-18-16-14-12-10-8-6-4-2/h21,23,34,36,42,44,47-48,51H,3-20,22,24-33,35,37-41,43,45-46H2,1-2H3,(H,50,52)(H,53,54,55)/b23-21-,36-34+,44-42+. The van der Waals surface area contributed by atoms with Crippen LogP contribution in [0.4, 0.5) is 0 Å². The predicted molar refractivity (Wildman–Crippen MR) is 244 cm³/mol. The third-order valence-corrected chi connectivity index (χ3v) is 11.8. The second-order valence-corrected chi connectivity index (χ2v) is 18.2. The first kappa shape index (κ1) is 54.6. The van der Waals surface area contributed by atoms with Crippen molar-refractivity contribution in [2.24, 2.45) is 0 Å². The van der Waals surface area contributed by atoms with Crippen LogP contribution in [0.25, 0.3) is 0 Å². The Morgan fingerprint density at radius 2 is 0.768 bits per heavy atom. The monoisotopic (exact) mass is 808 g/mol. The molecule has 0 spiro atoms. The quantitative estimate of drug-likeness (QED) is 0.0323. The number of amides is 1. The van der Waals surface area contributed by atoms with Crippen molar-refractivity contribution in [3.8, 4) is 0 Å². The van der Waals surface area contributed by atoms with Gasteiger partial charge in [0.1, 0.15) is 0 Å². The molecular formula is C49H93NO5S. The molecule has 330 valence electrons. The molecule has 0 radical (unpaired) electrons. The predicted octanol–water partition coefficient (Wildman–Crippen LogP) is 14.9. The summed E-state index contributed by atoms with van der Waals surface area (Å²) in [6.45, 7) is 4.54. The lowest BCUT2D eigenvalue weighted by Crippen LogP contribution is -2.46. The normalized spacial score (nSPS) is 13.4. The zero-order chi connectivity index (χ0) is 41.1. The summed E-state index contributed by atoms with van der Waals surface area (Å²) >= 11 is 0. The molecule has 0 aromatic carbocycles. The van der Waals surface area contributed by atoms with Crippen molar-refractivity contribution in [2.45, 2.75) is 264 Å². The van der Waals surface area contributed by atoms with Crippen molar-refractivity contribution >= 4 is 16.0 Å². The van der Waals surface area contributed by atoms with Gasteiger partial charge in [0.25, 0.3) is 10.1 Å². The Hall–Kier alpha value is -1.44. The van der Waals surface area contributed by atoms with Gasteiger partial charge in [-0.2, -0.15) is 8.42 Å². The van der Waals surface area contributed by atoms with E-state index in [1.807, 2.05) is 6.08 Å². The van der Waals surface area contributed by atoms with E-state index in [2.05, 4.69) is 43.5 Å². The van der Waals surface area contributed by atoms with Crippen LogP contribution in [0.1, 0.15) is 251 Å². The fourth-order valence-corrected chi connectivity index (χ4v) is 8.14. The maximum Gasteiger partial charge on any atom is 0.267 e. The third kappa shape index (κ3) is 43.7. The average molecular weight is 808 g/mol. The van der Waals surface area contributed by atoms with Crippen molar-refractivity contribution in [2.75, 3.05) is 5.75 Å². The lowest BCUT2D eigenvalue weighted by molar-refractivity contribution is -0.122. The zero-order valence-electron chi connectivity index (χ0n) is 37.0. The smallest absolute Gasteiger partial charge is 0.267 e. The van der Waals surface area contributed by atoms with Gasteiger partial charge in [-0.1, -0.05) is 224 Å². The fourth-order valence-electron chi connectivity index (χ4n) is 7.40. The highest BCUT2D eigenvalue weighted by Gasteiger charge is 2.24. The Morgan fingerprint density at radius 1 is 0.464 bits per heavy atom. The summed E-state index contributed by atoms with van der Waals surface area (Å²) in [4.78, 5) is 12.6. The molecule has 0 aromatic rings. The topological polar surface area (TPSA) is 104 Å². The molecule has 0 aromatic heterocycles. The number of nitrogens with one attached hydrogen (secondary N) is 1. The molecule has 0 heterocycles. The van der Waals surface area contributed by atoms with Crippen LogP contribution in [0.15, 0.2) is 36.5 Å². The zero-order valence-corrected chi connectivity index (χ0v) is 37.8. The van der Waals surface area contributed by atoms with Crippen molar-refractivity contribution < 1.29 is 22.9 Å². The lowest BCUT2D eigenvalue weighted by atomic mass is 10.0. The van der Waals surface area contributed by atoms with Gasteiger partial charge >= 0.3 is 0 Å². The maximum absolute atomic E-state index is 12.6. The molecule has 0 rings (SSSR count). The van der Waals surface area contributed by atoms with Crippen molar-refractivity contribution in [3.63, 3.8) is 0 Å². The molecule has 1 amide bonds. The van der Waals surface area contributed by atoms with Crippen LogP contribution in [-0.2, 0) is 14.9 Å². The first-order valence-electron chi connectivity index (χ1n) is 24.2. The van der Waals surface area contributed by atoms with Crippen molar-refractivity contribution in [3.05, 3.63) is 36.5 Å². The fraction of sp³-hybridized carbons (Fsp3) is 0.857. The Morgan fingerprint density at radius 3 is 1.12 bits per heavy atom. The minimum atomic E-state index is -4.36. The van der Waals surface area contributed by atoms with Gasteiger partial charge in [0, 0.05) is 6.42 Å². The summed E-state index contributed by atoms with van der Waals surface area (Å²) in [5, 5.41) is 13.3. The van der Waals surface area contributed by atoms with Gasteiger partial charge in [0.15, 0.2) is 0 Å². The molecule has 56 heavy (non-hydrogen) atoms. The van der Waals surface area contributed by atoms with Crippen LogP contribution in [0.3, 0.4) is 0 Å². The van der Waals surface area contributed by atoms with E-state index in [-0.39, 0.29) is 12.3 Å². The second kappa shape index (κ2) is 43.1. The van der Waals surface area contributed by atoms with E-state index >= 15 is 0 Å². The van der Waals surface area contributed by atoms with Crippen LogP contribution in [0.2, 0.25) is 0 Å². The van der Waals surface area contributed by atoms with Gasteiger partial charge in [-0.25, -0.2) is 0 Å². The van der Waals surface area contributed by atoms with Crippen molar-refractivity contribution in [1.82, 2.24) is 5.32 Å². The highest BCUT2D eigenvalue weighted by Crippen LogP contribution is 2.15. The number of hydrogen-bond acceptors (Lipinski definition) is 4. The summed E-state index contributed by atoms with van der Waals surface area (Å²) in [5.41, 5.74) is 0. The molecule has 0 saturated heterocycles. The Balaban J connectivity index is 3.84. The Labute approximate surface area is 348 Å². The summed E-state index contributed by atoms with van der Waals surface area (Å²) in [6, 6.07) is -1.07. The molecule has 6 nitrogen and oxygen atoms in total. The maximum atomic E-state index is 12.6. The molecule has 0 bridgehead atoms. The van der Waals surface area contributed by atoms with E-state index in [0.717, 1.165) is 38.5 Å². The van der Waals surface area contributed by atoms with Gasteiger partial charge in [0.2, 0.25) is 5.91 Å². The van der Waals surface area contributed by atoms with Crippen LogP contribution < -0.4 is 5.32 Å². The Kier molecular flexibility index (Phi) is 42.0. The number of allylic oxidation sites excluding steroid dienone is 5. The summed E-state index contributed by atoms with van der Waals surface area (Å²) in [6.07, 6.45) is 57.2. The van der Waals surface area contributed by atoms with Gasteiger partial charge in [0.05, 0.1) is 17.9 Å². The number of carbonyl (C=O) groups is 1. The molecule has 0 aliphatic carbocycles. The summed E-state index contributed by atoms with van der Waals surface area (Å²) < 4.78 is 32.6. The average Bonchev–Trinajstić information content (AvgIpc) is 3.16. The molecule has 2 unspecified atom stereocenters. The first-order chi connectivity index (χ1) is 27.3. The molecule has 0 saturated carbocycles. The van der Waals surface area contributed by atoms with Gasteiger partial charge in [-0.3, -0.25) is 9.35 Å². The van der Waals surface area contributed by atoms with Crippen LogP contribution in [0.5, 0.6) is 0 Å². The molecule has 7 heteroatoms.